The topological polar surface area (TPSA) is 66.8 Å². The SMILES string of the molecule is C[C@@H]1CN2C[C@H]3CCC(O)=C4C5=C(C(=O)OCC5)C5=C4[C@@]3(C)[C@H]2C[C@H]1C5=O. The van der Waals surface area contributed by atoms with Gasteiger partial charge in [-0.15, -0.1) is 0 Å². The zero-order chi connectivity index (χ0) is 18.7. The number of rotatable bonds is 0. The molecule has 1 N–H and O–H groups in total. The van der Waals surface area contributed by atoms with Crippen molar-refractivity contribution in [2.24, 2.45) is 23.2 Å². The number of aliphatic hydroxyl groups is 1. The lowest BCUT2D eigenvalue weighted by Crippen LogP contribution is -2.48. The number of fused-ring (bicyclic) bond motifs is 3. The van der Waals surface area contributed by atoms with E-state index in [4.69, 9.17) is 4.74 Å². The van der Waals surface area contributed by atoms with Crippen molar-refractivity contribution < 1.29 is 19.4 Å². The Labute approximate surface area is 158 Å². The minimum Gasteiger partial charge on any atom is -0.512 e. The Hall–Kier alpha value is -1.88. The summed E-state index contributed by atoms with van der Waals surface area (Å²) in [5.41, 5.74) is 3.58. The molecule has 3 aliphatic carbocycles. The van der Waals surface area contributed by atoms with E-state index in [1.807, 2.05) is 0 Å². The van der Waals surface area contributed by atoms with Crippen molar-refractivity contribution in [2.75, 3.05) is 19.7 Å². The number of allylic oxidation sites excluding steroid dienone is 2. The van der Waals surface area contributed by atoms with E-state index in [-0.39, 0.29) is 29.0 Å². The van der Waals surface area contributed by atoms with Crippen LogP contribution in [0.3, 0.4) is 0 Å². The largest absolute Gasteiger partial charge is 0.512 e. The van der Waals surface area contributed by atoms with Crippen LogP contribution in [0.1, 0.15) is 39.5 Å². The van der Waals surface area contributed by atoms with E-state index in [1.54, 1.807) is 0 Å². The molecule has 6 aliphatic rings. The maximum absolute atomic E-state index is 13.7. The van der Waals surface area contributed by atoms with E-state index in [0.29, 0.717) is 48.3 Å². The summed E-state index contributed by atoms with van der Waals surface area (Å²) in [6.07, 6.45) is 3.03. The van der Waals surface area contributed by atoms with E-state index in [1.165, 1.54) is 0 Å². The molecule has 0 aromatic carbocycles. The highest BCUT2D eigenvalue weighted by Gasteiger charge is 2.63. The minimum atomic E-state index is -0.375. The number of esters is 1. The standard InChI is InChI=1S/C22H25NO4/c1-10-8-23-9-11-3-4-14(24)16-12-5-6-27-21(26)17(12)18-19(16)22(11,2)15(23)7-13(10)20(18)25/h10-11,13,15,24H,3-9H2,1-2H3/t10-,11-,13-,15-,22-/m1/s1. The molecule has 0 radical (unpaired) electrons. The predicted molar refractivity (Wildman–Crippen MR) is 97.8 cm³/mol. The molecule has 0 amide bonds. The van der Waals surface area contributed by atoms with E-state index in [0.717, 1.165) is 42.7 Å². The lowest BCUT2D eigenvalue weighted by Gasteiger charge is -2.43. The second-order valence-corrected chi connectivity index (χ2v) is 9.48. The molecule has 5 heteroatoms. The number of carbonyl (C=O) groups excluding carboxylic acids is 2. The zero-order valence-electron chi connectivity index (χ0n) is 15.9. The molecule has 142 valence electrons. The number of carbonyl (C=O) groups is 2. The molecule has 3 aliphatic heterocycles. The fourth-order valence-electron chi connectivity index (χ4n) is 7.14. The van der Waals surface area contributed by atoms with Gasteiger partial charge in [0.1, 0.15) is 5.76 Å². The summed E-state index contributed by atoms with van der Waals surface area (Å²) in [6, 6.07) is 0.318. The van der Waals surface area contributed by atoms with Gasteiger partial charge in [0.2, 0.25) is 0 Å². The van der Waals surface area contributed by atoms with Crippen molar-refractivity contribution in [1.29, 1.82) is 0 Å². The fraction of sp³-hybridized carbons (Fsp3) is 0.636. The van der Waals surface area contributed by atoms with E-state index in [2.05, 4.69) is 18.7 Å². The first kappa shape index (κ1) is 16.1. The van der Waals surface area contributed by atoms with Gasteiger partial charge >= 0.3 is 5.97 Å². The number of piperidine rings is 1. The molecule has 2 bridgehead atoms. The van der Waals surface area contributed by atoms with Crippen molar-refractivity contribution >= 4 is 11.8 Å². The van der Waals surface area contributed by atoms with Crippen LogP contribution in [0.25, 0.3) is 0 Å². The normalized spacial score (nSPS) is 43.0. The number of ketones is 1. The Morgan fingerprint density at radius 2 is 1.96 bits per heavy atom. The summed E-state index contributed by atoms with van der Waals surface area (Å²) in [4.78, 5) is 29.1. The second-order valence-electron chi connectivity index (χ2n) is 9.48. The minimum absolute atomic E-state index is 0.0405. The van der Waals surface area contributed by atoms with Crippen molar-refractivity contribution in [1.82, 2.24) is 4.90 Å². The maximum atomic E-state index is 13.7. The van der Waals surface area contributed by atoms with Crippen molar-refractivity contribution in [3.63, 3.8) is 0 Å². The number of nitrogens with zero attached hydrogens (tertiary/aromatic N) is 1. The molecule has 0 aromatic rings. The summed E-state index contributed by atoms with van der Waals surface area (Å²) in [6.45, 7) is 6.78. The van der Waals surface area contributed by atoms with Gasteiger partial charge < -0.3 is 9.84 Å². The van der Waals surface area contributed by atoms with E-state index >= 15 is 0 Å². The third kappa shape index (κ3) is 1.71. The number of ether oxygens (including phenoxy) is 1. The highest BCUT2D eigenvalue weighted by atomic mass is 16.5. The highest BCUT2D eigenvalue weighted by molar-refractivity contribution is 6.16. The lowest BCUT2D eigenvalue weighted by molar-refractivity contribution is -0.140. The average molecular weight is 367 g/mol. The second kappa shape index (κ2) is 4.93. The van der Waals surface area contributed by atoms with Gasteiger partial charge in [-0.25, -0.2) is 4.79 Å². The smallest absolute Gasteiger partial charge is 0.339 e. The van der Waals surface area contributed by atoms with Crippen LogP contribution in [0.15, 0.2) is 33.6 Å². The van der Waals surface area contributed by atoms with Crippen LogP contribution in [0.5, 0.6) is 0 Å². The number of hydrogen-bond donors (Lipinski definition) is 1. The molecule has 3 heterocycles. The Balaban J connectivity index is 1.72. The van der Waals surface area contributed by atoms with Gasteiger partial charge in [0, 0.05) is 54.5 Å². The fourth-order valence-corrected chi connectivity index (χ4v) is 7.14. The number of cyclic esters (lactones) is 1. The van der Waals surface area contributed by atoms with E-state index in [9.17, 15) is 14.7 Å². The van der Waals surface area contributed by atoms with Crippen LogP contribution in [0.4, 0.5) is 0 Å². The highest BCUT2D eigenvalue weighted by Crippen LogP contribution is 2.64. The molecule has 2 saturated heterocycles. The molecule has 0 spiro atoms. The first-order chi connectivity index (χ1) is 12.9. The van der Waals surface area contributed by atoms with E-state index < -0.39 is 0 Å². The lowest BCUT2D eigenvalue weighted by atomic mass is 9.65. The summed E-state index contributed by atoms with van der Waals surface area (Å²) >= 11 is 0. The van der Waals surface area contributed by atoms with Crippen molar-refractivity contribution in [2.45, 2.75) is 45.6 Å². The van der Waals surface area contributed by atoms with Crippen molar-refractivity contribution in [3.8, 4) is 0 Å². The van der Waals surface area contributed by atoms with Crippen LogP contribution in [0.2, 0.25) is 0 Å². The zero-order valence-corrected chi connectivity index (χ0v) is 15.9. The molecule has 6 rings (SSSR count). The monoisotopic (exact) mass is 367 g/mol. The number of aliphatic hydroxyl groups excluding tert-OH is 1. The van der Waals surface area contributed by atoms with Gasteiger partial charge in [-0.2, -0.15) is 0 Å². The molecule has 5 nitrogen and oxygen atoms in total. The molecular formula is C22H25NO4. The van der Waals surface area contributed by atoms with Gasteiger partial charge in [-0.3, -0.25) is 9.69 Å². The number of hydrogen-bond acceptors (Lipinski definition) is 5. The van der Waals surface area contributed by atoms with Gasteiger partial charge in [0.05, 0.1) is 12.2 Å². The van der Waals surface area contributed by atoms with Crippen LogP contribution >= 0.6 is 0 Å². The first-order valence-corrected chi connectivity index (χ1v) is 10.3. The van der Waals surface area contributed by atoms with Crippen LogP contribution in [0, 0.1) is 23.2 Å². The maximum Gasteiger partial charge on any atom is 0.339 e. The van der Waals surface area contributed by atoms with Crippen LogP contribution < -0.4 is 0 Å². The molecular weight excluding hydrogens is 342 g/mol. The predicted octanol–water partition coefficient (Wildman–Crippen LogP) is 2.69. The van der Waals surface area contributed by atoms with Crippen LogP contribution in [-0.2, 0) is 14.3 Å². The third-order valence-corrected chi connectivity index (χ3v) is 8.41. The molecule has 27 heavy (non-hydrogen) atoms. The van der Waals surface area contributed by atoms with Gasteiger partial charge in [0.25, 0.3) is 0 Å². The quantitative estimate of drug-likeness (QED) is 0.667. The van der Waals surface area contributed by atoms with Crippen molar-refractivity contribution in [3.05, 3.63) is 33.6 Å². The van der Waals surface area contributed by atoms with Crippen LogP contribution in [-0.4, -0.2) is 47.5 Å². The Morgan fingerprint density at radius 3 is 2.78 bits per heavy atom. The van der Waals surface area contributed by atoms with Gasteiger partial charge in [-0.05, 0) is 35.8 Å². The Morgan fingerprint density at radius 1 is 1.15 bits per heavy atom. The molecule has 0 unspecified atom stereocenters. The summed E-state index contributed by atoms with van der Waals surface area (Å²) < 4.78 is 5.36. The Bertz CT molecular complexity index is 909. The molecule has 5 atom stereocenters. The average Bonchev–Trinajstić information content (AvgIpc) is 3.07. The molecule has 0 saturated carbocycles. The van der Waals surface area contributed by atoms with Gasteiger partial charge in [-0.1, -0.05) is 13.8 Å². The van der Waals surface area contributed by atoms with Gasteiger partial charge in [0.15, 0.2) is 5.78 Å². The molecule has 0 aromatic heterocycles. The first-order valence-electron chi connectivity index (χ1n) is 10.3. The third-order valence-electron chi connectivity index (χ3n) is 8.41. The summed E-state index contributed by atoms with van der Waals surface area (Å²) in [5.74, 6) is 0.765. The molecule has 2 fully saturated rings. The number of Topliss-reactive ketones (excluding diaryl/α,β-unsaturated/α-hetero) is 1. The summed E-state index contributed by atoms with van der Waals surface area (Å²) in [5, 5.41) is 11.0. The Kier molecular flexibility index (Phi) is 2.94. The summed E-state index contributed by atoms with van der Waals surface area (Å²) in [7, 11) is 0.